The van der Waals surface area contributed by atoms with E-state index in [-0.39, 0.29) is 12.2 Å². The third kappa shape index (κ3) is 3.17. The summed E-state index contributed by atoms with van der Waals surface area (Å²) < 4.78 is 16.5. The summed E-state index contributed by atoms with van der Waals surface area (Å²) in [5.41, 5.74) is 1.44. The van der Waals surface area contributed by atoms with Crippen molar-refractivity contribution in [3.8, 4) is 11.5 Å². The van der Waals surface area contributed by atoms with Gasteiger partial charge in [-0.05, 0) is 44.2 Å². The highest BCUT2D eigenvalue weighted by Gasteiger charge is 2.17. The van der Waals surface area contributed by atoms with Gasteiger partial charge in [-0.3, -0.25) is 4.98 Å². The lowest BCUT2D eigenvalue weighted by Gasteiger charge is -2.07. The Balaban J connectivity index is 1.77. The number of benzene rings is 1. The van der Waals surface area contributed by atoms with Crippen LogP contribution in [0, 0.1) is 6.92 Å². The molecule has 6 heteroatoms. The van der Waals surface area contributed by atoms with Gasteiger partial charge < -0.3 is 19.0 Å². The maximum Gasteiger partial charge on any atom is 0.339 e. The van der Waals surface area contributed by atoms with Crippen LogP contribution in [0.25, 0.3) is 11.0 Å². The lowest BCUT2D eigenvalue weighted by atomic mass is 10.1. The lowest BCUT2D eigenvalue weighted by molar-refractivity contribution is 0.0697. The molecular formula is C18H17NO5. The third-order valence-corrected chi connectivity index (χ3v) is 3.54. The molecular weight excluding hydrogens is 310 g/mol. The summed E-state index contributed by atoms with van der Waals surface area (Å²) in [5, 5.41) is 9.82. The molecule has 2 aromatic heterocycles. The van der Waals surface area contributed by atoms with Crippen molar-refractivity contribution >= 4 is 16.9 Å². The normalized spacial score (nSPS) is 10.8. The van der Waals surface area contributed by atoms with Crippen molar-refractivity contribution in [3.05, 3.63) is 53.5 Å². The molecule has 1 N–H and O–H groups in total. The molecule has 0 saturated carbocycles. The lowest BCUT2D eigenvalue weighted by Crippen LogP contribution is -2.00. The Labute approximate surface area is 138 Å². The molecule has 0 saturated heterocycles. The van der Waals surface area contributed by atoms with Crippen LogP contribution < -0.4 is 9.47 Å². The van der Waals surface area contributed by atoms with E-state index in [1.165, 1.54) is 0 Å². The number of nitrogens with zero attached hydrogens (tertiary/aromatic N) is 1. The molecule has 0 fully saturated rings. The van der Waals surface area contributed by atoms with E-state index in [1.807, 2.05) is 19.1 Å². The Kier molecular flexibility index (Phi) is 4.37. The summed E-state index contributed by atoms with van der Waals surface area (Å²) in [5.74, 6) is 0.628. The monoisotopic (exact) mass is 327 g/mol. The molecule has 0 unspecified atom stereocenters. The average molecular weight is 327 g/mol. The molecule has 1 aromatic carbocycles. The van der Waals surface area contributed by atoms with Crippen LogP contribution in [0.1, 0.15) is 28.7 Å². The first-order chi connectivity index (χ1) is 11.6. The highest BCUT2D eigenvalue weighted by atomic mass is 16.5. The number of carboxylic acid groups (broad SMARTS) is 1. The van der Waals surface area contributed by atoms with Gasteiger partial charge in [0.2, 0.25) is 0 Å². The van der Waals surface area contributed by atoms with Crippen molar-refractivity contribution in [2.75, 3.05) is 6.61 Å². The van der Waals surface area contributed by atoms with Crippen LogP contribution in [0.4, 0.5) is 0 Å². The van der Waals surface area contributed by atoms with Gasteiger partial charge in [0.05, 0.1) is 18.5 Å². The third-order valence-electron chi connectivity index (χ3n) is 3.54. The highest BCUT2D eigenvalue weighted by Crippen LogP contribution is 2.29. The van der Waals surface area contributed by atoms with Crippen molar-refractivity contribution in [2.24, 2.45) is 0 Å². The van der Waals surface area contributed by atoms with Crippen molar-refractivity contribution in [2.45, 2.75) is 20.5 Å². The SMILES string of the molecule is CCOc1ccc(COc2ccc3oc(C)c(C(=O)O)c3c2)nc1. The molecule has 2 heterocycles. The van der Waals surface area contributed by atoms with Gasteiger partial charge in [0.25, 0.3) is 0 Å². The first-order valence-electron chi connectivity index (χ1n) is 7.55. The second-order valence-electron chi connectivity index (χ2n) is 5.20. The Morgan fingerprint density at radius 3 is 2.67 bits per heavy atom. The molecule has 0 amide bonds. The van der Waals surface area contributed by atoms with Crippen LogP contribution in [-0.4, -0.2) is 22.7 Å². The number of aromatic carboxylic acids is 1. The van der Waals surface area contributed by atoms with E-state index in [0.29, 0.717) is 34.8 Å². The molecule has 0 atom stereocenters. The predicted octanol–water partition coefficient (Wildman–Crippen LogP) is 3.81. The van der Waals surface area contributed by atoms with Gasteiger partial charge in [-0.2, -0.15) is 0 Å². The number of fused-ring (bicyclic) bond motifs is 1. The summed E-state index contributed by atoms with van der Waals surface area (Å²) >= 11 is 0. The number of aromatic nitrogens is 1. The Bertz CT molecular complexity index is 867. The predicted molar refractivity (Wildman–Crippen MR) is 87.6 cm³/mol. The minimum Gasteiger partial charge on any atom is -0.492 e. The summed E-state index contributed by atoms with van der Waals surface area (Å²) in [7, 11) is 0. The van der Waals surface area contributed by atoms with E-state index in [9.17, 15) is 9.90 Å². The van der Waals surface area contributed by atoms with Crippen LogP contribution in [0.3, 0.4) is 0 Å². The van der Waals surface area contributed by atoms with E-state index in [4.69, 9.17) is 13.9 Å². The second kappa shape index (κ2) is 6.62. The smallest absolute Gasteiger partial charge is 0.339 e. The van der Waals surface area contributed by atoms with Gasteiger partial charge in [-0.25, -0.2) is 4.79 Å². The Morgan fingerprint density at radius 1 is 1.21 bits per heavy atom. The van der Waals surface area contributed by atoms with Gasteiger partial charge >= 0.3 is 5.97 Å². The van der Waals surface area contributed by atoms with E-state index in [0.717, 1.165) is 5.69 Å². The van der Waals surface area contributed by atoms with E-state index in [2.05, 4.69) is 4.98 Å². The van der Waals surface area contributed by atoms with Gasteiger partial charge in [-0.15, -0.1) is 0 Å². The molecule has 0 aliphatic rings. The fourth-order valence-electron chi connectivity index (χ4n) is 2.46. The fraction of sp³-hybridized carbons (Fsp3) is 0.222. The molecule has 24 heavy (non-hydrogen) atoms. The summed E-state index contributed by atoms with van der Waals surface area (Å²) in [6, 6.07) is 8.78. The number of pyridine rings is 1. The van der Waals surface area contributed by atoms with E-state index in [1.54, 1.807) is 31.3 Å². The van der Waals surface area contributed by atoms with Gasteiger partial charge in [-0.1, -0.05) is 0 Å². The van der Waals surface area contributed by atoms with Crippen LogP contribution in [0.2, 0.25) is 0 Å². The van der Waals surface area contributed by atoms with Gasteiger partial charge in [0.1, 0.15) is 35.0 Å². The minimum absolute atomic E-state index is 0.162. The van der Waals surface area contributed by atoms with Crippen molar-refractivity contribution < 1.29 is 23.8 Å². The minimum atomic E-state index is -1.02. The Morgan fingerprint density at radius 2 is 2.00 bits per heavy atom. The number of rotatable bonds is 6. The first kappa shape index (κ1) is 15.9. The van der Waals surface area contributed by atoms with Crippen LogP contribution >= 0.6 is 0 Å². The maximum absolute atomic E-state index is 11.3. The summed E-state index contributed by atoms with van der Waals surface area (Å²) in [6.45, 7) is 4.41. The standard InChI is InChI=1S/C18H17NO5/c1-3-22-14-5-4-12(19-9-14)10-23-13-6-7-16-15(8-13)17(18(20)21)11(2)24-16/h4-9H,3,10H2,1-2H3,(H,20,21). The highest BCUT2D eigenvalue weighted by molar-refractivity contribution is 6.03. The van der Waals surface area contributed by atoms with Crippen LogP contribution in [-0.2, 0) is 6.61 Å². The summed E-state index contributed by atoms with van der Waals surface area (Å²) in [4.78, 5) is 15.6. The van der Waals surface area contributed by atoms with Crippen LogP contribution in [0.15, 0.2) is 40.9 Å². The van der Waals surface area contributed by atoms with Crippen molar-refractivity contribution in [3.63, 3.8) is 0 Å². The van der Waals surface area contributed by atoms with Gasteiger partial charge in [0, 0.05) is 5.39 Å². The largest absolute Gasteiger partial charge is 0.492 e. The topological polar surface area (TPSA) is 81.8 Å². The molecule has 0 aliphatic heterocycles. The number of hydrogen-bond donors (Lipinski definition) is 1. The number of ether oxygens (including phenoxy) is 2. The zero-order chi connectivity index (χ0) is 17.1. The number of hydrogen-bond acceptors (Lipinski definition) is 5. The zero-order valence-electron chi connectivity index (χ0n) is 13.4. The first-order valence-corrected chi connectivity index (χ1v) is 7.55. The Hall–Kier alpha value is -3.02. The van der Waals surface area contributed by atoms with Crippen LogP contribution in [0.5, 0.6) is 11.5 Å². The number of carboxylic acids is 1. The molecule has 6 nitrogen and oxygen atoms in total. The molecule has 0 spiro atoms. The molecule has 3 aromatic rings. The quantitative estimate of drug-likeness (QED) is 0.741. The molecule has 0 aliphatic carbocycles. The fourth-order valence-corrected chi connectivity index (χ4v) is 2.46. The number of carbonyl (C=O) groups is 1. The van der Waals surface area contributed by atoms with E-state index < -0.39 is 5.97 Å². The number of aryl methyl sites for hydroxylation is 1. The molecule has 124 valence electrons. The number of furan rings is 1. The van der Waals surface area contributed by atoms with Gasteiger partial charge in [0.15, 0.2) is 0 Å². The van der Waals surface area contributed by atoms with Crippen molar-refractivity contribution in [1.82, 2.24) is 4.98 Å². The maximum atomic E-state index is 11.3. The molecule has 0 bridgehead atoms. The summed E-state index contributed by atoms with van der Waals surface area (Å²) in [6.07, 6.45) is 1.65. The zero-order valence-corrected chi connectivity index (χ0v) is 13.4. The van der Waals surface area contributed by atoms with Crippen molar-refractivity contribution in [1.29, 1.82) is 0 Å². The van der Waals surface area contributed by atoms with E-state index >= 15 is 0 Å². The molecule has 3 rings (SSSR count). The second-order valence-corrected chi connectivity index (χ2v) is 5.20. The average Bonchev–Trinajstić information content (AvgIpc) is 2.89. The molecule has 0 radical (unpaired) electrons.